The number of nitrogens with zero attached hydrogens (tertiary/aromatic N) is 2. The van der Waals surface area contributed by atoms with E-state index in [2.05, 4.69) is 57.1 Å². The predicted octanol–water partition coefficient (Wildman–Crippen LogP) is 3.85. The Labute approximate surface area is 130 Å². The van der Waals surface area contributed by atoms with Crippen molar-refractivity contribution in [2.45, 2.75) is 32.7 Å². The van der Waals surface area contributed by atoms with E-state index in [-0.39, 0.29) is 11.5 Å². The van der Waals surface area contributed by atoms with E-state index in [1.54, 1.807) is 11.3 Å². The van der Waals surface area contributed by atoms with Crippen LogP contribution in [0.4, 0.5) is 5.69 Å². The molecule has 0 spiro atoms. The first-order valence-corrected chi connectivity index (χ1v) is 8.20. The molecule has 1 heterocycles. The number of rotatable bonds is 2. The molecule has 0 aliphatic heterocycles. The molecule has 112 valence electrons. The molecule has 1 aliphatic rings. The Kier molecular flexibility index (Phi) is 3.54. The van der Waals surface area contributed by atoms with Gasteiger partial charge < -0.3 is 10.6 Å². The third-order valence-corrected chi connectivity index (χ3v) is 5.39. The van der Waals surface area contributed by atoms with E-state index in [9.17, 15) is 0 Å². The van der Waals surface area contributed by atoms with Crippen LogP contribution in [0.1, 0.15) is 36.9 Å². The van der Waals surface area contributed by atoms with Gasteiger partial charge in [-0.3, -0.25) is 0 Å². The molecular formula is C17H23N3S. The molecule has 3 nitrogen and oxygen atoms in total. The fraction of sp³-hybridized carbons (Fsp3) is 0.471. The van der Waals surface area contributed by atoms with Crippen LogP contribution in [0.25, 0.3) is 10.6 Å². The molecule has 0 radical (unpaired) electrons. The van der Waals surface area contributed by atoms with Crippen molar-refractivity contribution in [1.82, 2.24) is 4.98 Å². The van der Waals surface area contributed by atoms with Gasteiger partial charge in [-0.05, 0) is 42.5 Å². The standard InChI is InChI=1S/C17H23N3S/c1-17(2)9-13(18)15-14(10-17)19-16(21-15)11-5-7-12(8-6-11)20(3)4/h5-8,13H,9-10,18H2,1-4H3. The van der Waals surface area contributed by atoms with Crippen LogP contribution in [-0.4, -0.2) is 19.1 Å². The predicted molar refractivity (Wildman–Crippen MR) is 90.9 cm³/mol. The summed E-state index contributed by atoms with van der Waals surface area (Å²) < 4.78 is 0. The Morgan fingerprint density at radius 1 is 1.24 bits per heavy atom. The molecule has 0 saturated heterocycles. The number of thiazole rings is 1. The third kappa shape index (κ3) is 2.83. The molecule has 0 amide bonds. The van der Waals surface area contributed by atoms with Crippen molar-refractivity contribution >= 4 is 17.0 Å². The first-order chi connectivity index (χ1) is 9.85. The average molecular weight is 301 g/mol. The molecule has 3 rings (SSSR count). The summed E-state index contributed by atoms with van der Waals surface area (Å²) in [5.41, 5.74) is 10.2. The highest BCUT2D eigenvalue weighted by atomic mass is 32.1. The van der Waals surface area contributed by atoms with Gasteiger partial charge in [0.15, 0.2) is 0 Å². The minimum Gasteiger partial charge on any atom is -0.378 e. The summed E-state index contributed by atoms with van der Waals surface area (Å²) in [6, 6.07) is 8.71. The second kappa shape index (κ2) is 5.11. The summed E-state index contributed by atoms with van der Waals surface area (Å²) in [6.07, 6.45) is 2.07. The average Bonchev–Trinajstić information content (AvgIpc) is 2.81. The maximum atomic E-state index is 6.34. The summed E-state index contributed by atoms with van der Waals surface area (Å²) in [6.45, 7) is 4.56. The first kappa shape index (κ1) is 14.5. The van der Waals surface area contributed by atoms with E-state index in [4.69, 9.17) is 10.7 Å². The molecule has 0 bridgehead atoms. The summed E-state index contributed by atoms with van der Waals surface area (Å²) in [7, 11) is 4.11. The lowest BCUT2D eigenvalue weighted by Crippen LogP contribution is -2.28. The molecule has 4 heteroatoms. The summed E-state index contributed by atoms with van der Waals surface area (Å²) in [5, 5.41) is 1.10. The van der Waals surface area contributed by atoms with Gasteiger partial charge in [0.05, 0.1) is 5.69 Å². The monoisotopic (exact) mass is 301 g/mol. The minimum atomic E-state index is 0.135. The van der Waals surface area contributed by atoms with Crippen LogP contribution >= 0.6 is 11.3 Å². The maximum absolute atomic E-state index is 6.34. The first-order valence-electron chi connectivity index (χ1n) is 7.39. The van der Waals surface area contributed by atoms with Crippen molar-refractivity contribution in [3.8, 4) is 10.6 Å². The normalized spacial score (nSPS) is 20.1. The van der Waals surface area contributed by atoms with Crippen LogP contribution in [0, 0.1) is 5.41 Å². The molecular weight excluding hydrogens is 278 g/mol. The zero-order valence-electron chi connectivity index (χ0n) is 13.2. The number of fused-ring (bicyclic) bond motifs is 1. The summed E-state index contributed by atoms with van der Waals surface area (Å²) in [5.74, 6) is 0. The Morgan fingerprint density at radius 2 is 1.90 bits per heavy atom. The van der Waals surface area contributed by atoms with Crippen molar-refractivity contribution in [1.29, 1.82) is 0 Å². The number of hydrogen-bond acceptors (Lipinski definition) is 4. The number of nitrogens with two attached hydrogens (primary N) is 1. The molecule has 0 fully saturated rings. The van der Waals surface area contributed by atoms with E-state index in [0.717, 1.165) is 17.8 Å². The molecule has 2 aromatic rings. The quantitative estimate of drug-likeness (QED) is 0.916. The topological polar surface area (TPSA) is 42.2 Å². The van der Waals surface area contributed by atoms with Gasteiger partial charge in [-0.2, -0.15) is 0 Å². The maximum Gasteiger partial charge on any atom is 0.123 e. The lowest BCUT2D eigenvalue weighted by atomic mass is 9.77. The van der Waals surface area contributed by atoms with Gasteiger partial charge in [-0.25, -0.2) is 4.98 Å². The van der Waals surface area contributed by atoms with Gasteiger partial charge in [-0.15, -0.1) is 11.3 Å². The highest BCUT2D eigenvalue weighted by Gasteiger charge is 2.33. The Hall–Kier alpha value is -1.39. The Bertz CT molecular complexity index is 641. The van der Waals surface area contributed by atoms with Crippen LogP contribution in [0.5, 0.6) is 0 Å². The number of benzene rings is 1. The fourth-order valence-corrected chi connectivity index (χ4v) is 4.11. The van der Waals surface area contributed by atoms with Crippen molar-refractivity contribution in [3.05, 3.63) is 34.8 Å². The highest BCUT2D eigenvalue weighted by molar-refractivity contribution is 7.15. The lowest BCUT2D eigenvalue weighted by molar-refractivity contribution is 0.282. The van der Waals surface area contributed by atoms with Crippen LogP contribution in [-0.2, 0) is 6.42 Å². The number of anilines is 1. The molecule has 1 unspecified atom stereocenters. The van der Waals surface area contributed by atoms with E-state index in [1.807, 2.05) is 0 Å². The zero-order chi connectivity index (χ0) is 15.2. The van der Waals surface area contributed by atoms with Gasteiger partial charge in [0.2, 0.25) is 0 Å². The van der Waals surface area contributed by atoms with Crippen LogP contribution in [0.2, 0.25) is 0 Å². The number of hydrogen-bond donors (Lipinski definition) is 1. The van der Waals surface area contributed by atoms with Crippen LogP contribution in [0.3, 0.4) is 0 Å². The molecule has 1 aliphatic carbocycles. The van der Waals surface area contributed by atoms with Crippen molar-refractivity contribution in [2.75, 3.05) is 19.0 Å². The third-order valence-electron chi connectivity index (χ3n) is 4.11. The van der Waals surface area contributed by atoms with E-state index >= 15 is 0 Å². The second-order valence-corrected chi connectivity index (χ2v) is 7.95. The fourth-order valence-electron chi connectivity index (χ4n) is 3.02. The van der Waals surface area contributed by atoms with Crippen molar-refractivity contribution in [2.24, 2.45) is 11.1 Å². The molecule has 1 aromatic heterocycles. The van der Waals surface area contributed by atoms with Gasteiger partial charge >= 0.3 is 0 Å². The molecule has 1 aromatic carbocycles. The Balaban J connectivity index is 1.94. The number of aromatic nitrogens is 1. The zero-order valence-corrected chi connectivity index (χ0v) is 14.0. The summed E-state index contributed by atoms with van der Waals surface area (Å²) >= 11 is 1.76. The lowest BCUT2D eigenvalue weighted by Gasteiger charge is -2.32. The summed E-state index contributed by atoms with van der Waals surface area (Å²) in [4.78, 5) is 8.25. The molecule has 2 N–H and O–H groups in total. The largest absolute Gasteiger partial charge is 0.378 e. The second-order valence-electron chi connectivity index (χ2n) is 6.92. The van der Waals surface area contributed by atoms with E-state index in [1.165, 1.54) is 21.8 Å². The van der Waals surface area contributed by atoms with E-state index in [0.29, 0.717) is 0 Å². The van der Waals surface area contributed by atoms with Crippen LogP contribution in [0.15, 0.2) is 24.3 Å². The van der Waals surface area contributed by atoms with Crippen molar-refractivity contribution in [3.63, 3.8) is 0 Å². The molecule has 1 atom stereocenters. The molecule has 0 saturated carbocycles. The van der Waals surface area contributed by atoms with Gasteiger partial charge in [0.1, 0.15) is 5.01 Å². The Morgan fingerprint density at radius 3 is 2.52 bits per heavy atom. The van der Waals surface area contributed by atoms with Gasteiger partial charge in [-0.1, -0.05) is 13.8 Å². The van der Waals surface area contributed by atoms with Gasteiger partial charge in [0, 0.05) is 36.3 Å². The SMILES string of the molecule is CN(C)c1ccc(-c2nc3c(s2)C(N)CC(C)(C)C3)cc1. The molecule has 21 heavy (non-hydrogen) atoms. The van der Waals surface area contributed by atoms with Crippen molar-refractivity contribution < 1.29 is 0 Å². The minimum absolute atomic E-state index is 0.135. The van der Waals surface area contributed by atoms with Crippen LogP contribution < -0.4 is 10.6 Å². The highest BCUT2D eigenvalue weighted by Crippen LogP contribution is 2.43. The smallest absolute Gasteiger partial charge is 0.123 e. The van der Waals surface area contributed by atoms with E-state index < -0.39 is 0 Å². The van der Waals surface area contributed by atoms with Gasteiger partial charge in [0.25, 0.3) is 0 Å².